The molecule has 1 atom stereocenters. The van der Waals surface area contributed by atoms with Crippen LogP contribution in [0.4, 0.5) is 5.69 Å². The summed E-state index contributed by atoms with van der Waals surface area (Å²) >= 11 is 0. The van der Waals surface area contributed by atoms with E-state index in [0.29, 0.717) is 6.04 Å². The minimum Gasteiger partial charge on any atom is -0.382 e. The molecular weight excluding hydrogens is 158 g/mol. The fourth-order valence-electron chi connectivity index (χ4n) is 1.38. The Kier molecular flexibility index (Phi) is 4.37. The van der Waals surface area contributed by atoms with Crippen LogP contribution in [0, 0.1) is 6.42 Å². The minimum absolute atomic E-state index is 0.576. The highest BCUT2D eigenvalue weighted by Crippen LogP contribution is 2.11. The molecule has 1 aromatic rings. The maximum Gasteiger partial charge on any atom is 0.0342 e. The molecule has 0 amide bonds. The summed E-state index contributed by atoms with van der Waals surface area (Å²) < 4.78 is 0. The second kappa shape index (κ2) is 5.63. The number of hydrogen-bond donors (Lipinski definition) is 1. The summed E-state index contributed by atoms with van der Waals surface area (Å²) in [6, 6.07) is 11.0. The van der Waals surface area contributed by atoms with Crippen LogP contribution in [-0.4, -0.2) is 6.04 Å². The highest BCUT2D eigenvalue weighted by Gasteiger charge is 2.03. The topological polar surface area (TPSA) is 12.0 Å². The van der Waals surface area contributed by atoms with E-state index in [2.05, 4.69) is 49.9 Å². The molecule has 1 rings (SSSR count). The Morgan fingerprint density at radius 1 is 1.31 bits per heavy atom. The van der Waals surface area contributed by atoms with Crippen LogP contribution in [0.3, 0.4) is 0 Å². The van der Waals surface area contributed by atoms with E-state index < -0.39 is 0 Å². The van der Waals surface area contributed by atoms with Gasteiger partial charge in [-0.1, -0.05) is 32.0 Å². The second-order valence-electron chi connectivity index (χ2n) is 3.26. The predicted octanol–water partition coefficient (Wildman–Crippen LogP) is 3.49. The van der Waals surface area contributed by atoms with E-state index in [1.807, 2.05) is 6.07 Å². The average Bonchev–Trinajstić information content (AvgIpc) is 2.19. The summed E-state index contributed by atoms with van der Waals surface area (Å²) in [4.78, 5) is 0. The third-order valence-corrected chi connectivity index (χ3v) is 2.16. The van der Waals surface area contributed by atoms with E-state index in [9.17, 15) is 0 Å². The van der Waals surface area contributed by atoms with Gasteiger partial charge in [0.15, 0.2) is 0 Å². The summed E-state index contributed by atoms with van der Waals surface area (Å²) in [7, 11) is 0. The van der Waals surface area contributed by atoms with Crippen molar-refractivity contribution in [3.63, 3.8) is 0 Å². The number of nitrogens with one attached hydrogen (secondary N) is 1. The van der Waals surface area contributed by atoms with Gasteiger partial charge in [-0.05, 0) is 31.4 Å². The summed E-state index contributed by atoms with van der Waals surface area (Å²) in [6.07, 6.45) is 4.51. The molecule has 0 aromatic heterocycles. The summed E-state index contributed by atoms with van der Waals surface area (Å²) in [5, 5.41) is 3.50. The lowest BCUT2D eigenvalue weighted by molar-refractivity contribution is 0.682. The molecule has 71 valence electrons. The first-order chi connectivity index (χ1) is 6.36. The second-order valence-corrected chi connectivity index (χ2v) is 3.26. The Balaban J connectivity index is 2.46. The average molecular weight is 176 g/mol. The lowest BCUT2D eigenvalue weighted by Crippen LogP contribution is -2.17. The van der Waals surface area contributed by atoms with Crippen molar-refractivity contribution >= 4 is 5.69 Å². The Bertz CT molecular complexity index is 218. The monoisotopic (exact) mass is 176 g/mol. The van der Waals surface area contributed by atoms with Crippen molar-refractivity contribution < 1.29 is 0 Å². The van der Waals surface area contributed by atoms with Crippen LogP contribution >= 0.6 is 0 Å². The number of para-hydroxylation sites is 1. The highest BCUT2D eigenvalue weighted by molar-refractivity contribution is 5.43. The van der Waals surface area contributed by atoms with Crippen LogP contribution in [0.5, 0.6) is 0 Å². The summed E-state index contributed by atoms with van der Waals surface area (Å²) in [6.45, 7) is 4.32. The van der Waals surface area contributed by atoms with Crippen molar-refractivity contribution in [2.45, 2.75) is 32.7 Å². The smallest absolute Gasteiger partial charge is 0.0342 e. The van der Waals surface area contributed by atoms with Gasteiger partial charge in [0.2, 0.25) is 0 Å². The van der Waals surface area contributed by atoms with E-state index >= 15 is 0 Å². The molecule has 1 heteroatoms. The molecule has 0 aliphatic rings. The van der Waals surface area contributed by atoms with Crippen molar-refractivity contribution in [3.05, 3.63) is 36.8 Å². The molecule has 0 aliphatic heterocycles. The molecule has 0 aliphatic carbocycles. The predicted molar refractivity (Wildman–Crippen MR) is 58.7 cm³/mol. The van der Waals surface area contributed by atoms with Crippen LogP contribution in [0.1, 0.15) is 26.7 Å². The fraction of sp³-hybridized carbons (Fsp3) is 0.417. The molecule has 0 saturated carbocycles. The van der Waals surface area contributed by atoms with Crippen LogP contribution in [0.25, 0.3) is 0 Å². The van der Waals surface area contributed by atoms with Crippen molar-refractivity contribution in [3.8, 4) is 0 Å². The molecule has 13 heavy (non-hydrogen) atoms. The van der Waals surface area contributed by atoms with Gasteiger partial charge >= 0.3 is 0 Å². The zero-order chi connectivity index (χ0) is 9.52. The molecule has 1 aromatic carbocycles. The van der Waals surface area contributed by atoms with Gasteiger partial charge < -0.3 is 5.32 Å². The quantitative estimate of drug-likeness (QED) is 0.724. The number of benzene rings is 1. The van der Waals surface area contributed by atoms with E-state index in [0.717, 1.165) is 6.42 Å². The van der Waals surface area contributed by atoms with Crippen molar-refractivity contribution in [2.75, 3.05) is 5.32 Å². The first-order valence-corrected chi connectivity index (χ1v) is 4.96. The number of rotatable bonds is 5. The molecule has 0 fully saturated rings. The van der Waals surface area contributed by atoms with Crippen LogP contribution in [0.15, 0.2) is 30.3 Å². The van der Waals surface area contributed by atoms with Gasteiger partial charge in [-0.2, -0.15) is 0 Å². The molecular formula is C12H18N. The van der Waals surface area contributed by atoms with Crippen LogP contribution < -0.4 is 5.32 Å². The Hall–Kier alpha value is -0.980. The Labute approximate surface area is 81.2 Å². The molecule has 0 spiro atoms. The van der Waals surface area contributed by atoms with Crippen LogP contribution in [-0.2, 0) is 0 Å². The van der Waals surface area contributed by atoms with Crippen molar-refractivity contribution in [1.29, 1.82) is 0 Å². The van der Waals surface area contributed by atoms with Gasteiger partial charge in [0.25, 0.3) is 0 Å². The van der Waals surface area contributed by atoms with Gasteiger partial charge in [0.1, 0.15) is 0 Å². The minimum atomic E-state index is 0.576. The van der Waals surface area contributed by atoms with Crippen molar-refractivity contribution in [1.82, 2.24) is 0 Å². The largest absolute Gasteiger partial charge is 0.382 e. The van der Waals surface area contributed by atoms with E-state index in [1.165, 1.54) is 12.1 Å². The van der Waals surface area contributed by atoms with Gasteiger partial charge in [-0.25, -0.2) is 0 Å². The highest BCUT2D eigenvalue weighted by atomic mass is 14.9. The molecule has 1 unspecified atom stereocenters. The Morgan fingerprint density at radius 3 is 2.54 bits per heavy atom. The Morgan fingerprint density at radius 2 is 2.00 bits per heavy atom. The third-order valence-electron chi connectivity index (χ3n) is 2.16. The van der Waals surface area contributed by atoms with Gasteiger partial charge in [0, 0.05) is 11.7 Å². The summed E-state index contributed by atoms with van der Waals surface area (Å²) in [5.74, 6) is 0. The summed E-state index contributed by atoms with van der Waals surface area (Å²) in [5.41, 5.74) is 1.22. The lowest BCUT2D eigenvalue weighted by atomic mass is 10.1. The first kappa shape index (κ1) is 10.1. The van der Waals surface area contributed by atoms with Gasteiger partial charge in [-0.15, -0.1) is 0 Å². The fourth-order valence-corrected chi connectivity index (χ4v) is 1.38. The SMILES string of the molecule is C[CH]CC(CC)Nc1ccccc1. The van der Waals surface area contributed by atoms with Crippen LogP contribution in [0.2, 0.25) is 0 Å². The van der Waals surface area contributed by atoms with Crippen molar-refractivity contribution in [2.24, 2.45) is 0 Å². The molecule has 0 saturated heterocycles. The zero-order valence-electron chi connectivity index (χ0n) is 8.46. The molecule has 0 heterocycles. The van der Waals surface area contributed by atoms with Gasteiger partial charge in [-0.3, -0.25) is 0 Å². The standard InChI is InChI=1S/C12H18N/c1-3-8-11(4-2)13-12-9-6-5-7-10-12/h3,5-7,9-11,13H,4,8H2,1-2H3. The maximum absolute atomic E-state index is 3.50. The van der Waals surface area contributed by atoms with E-state index in [1.54, 1.807) is 0 Å². The number of hydrogen-bond acceptors (Lipinski definition) is 1. The number of anilines is 1. The van der Waals surface area contributed by atoms with E-state index in [4.69, 9.17) is 0 Å². The van der Waals surface area contributed by atoms with E-state index in [-0.39, 0.29) is 0 Å². The molecule has 1 nitrogen and oxygen atoms in total. The molecule has 0 bridgehead atoms. The molecule has 1 N–H and O–H groups in total. The zero-order valence-corrected chi connectivity index (χ0v) is 8.46. The lowest BCUT2D eigenvalue weighted by Gasteiger charge is -2.16. The normalized spacial score (nSPS) is 12.5. The first-order valence-electron chi connectivity index (χ1n) is 4.96. The van der Waals surface area contributed by atoms with Gasteiger partial charge in [0.05, 0.1) is 0 Å². The molecule has 1 radical (unpaired) electrons. The maximum atomic E-state index is 3.50. The third kappa shape index (κ3) is 3.49.